The van der Waals surface area contributed by atoms with Gasteiger partial charge in [-0.1, -0.05) is 53.6 Å². The lowest BCUT2D eigenvalue weighted by Crippen LogP contribution is -2.47. The molecule has 0 saturated carbocycles. The summed E-state index contributed by atoms with van der Waals surface area (Å²) in [6.07, 6.45) is 2.21. The molecule has 0 bridgehead atoms. The first kappa shape index (κ1) is 24.8. The number of likely N-dealkylation sites (tertiary alicyclic amines) is 1. The van der Waals surface area contributed by atoms with Crippen LogP contribution in [0.4, 0.5) is 0 Å². The van der Waals surface area contributed by atoms with Crippen LogP contribution < -0.4 is 10.1 Å². The van der Waals surface area contributed by atoms with Crippen molar-refractivity contribution in [1.82, 2.24) is 10.2 Å². The molecule has 1 N–H and O–H groups in total. The number of piperidine rings is 1. The molecular formula is C29H31ClN2O3. The molecule has 0 aromatic heterocycles. The van der Waals surface area contributed by atoms with Gasteiger partial charge >= 0.3 is 0 Å². The van der Waals surface area contributed by atoms with Crippen LogP contribution in [0.3, 0.4) is 0 Å². The highest BCUT2D eigenvalue weighted by molar-refractivity contribution is 6.30. The predicted octanol–water partition coefficient (Wildman–Crippen LogP) is 5.61. The molecule has 0 aliphatic carbocycles. The molecule has 0 spiro atoms. The molecule has 2 unspecified atom stereocenters. The highest BCUT2D eigenvalue weighted by atomic mass is 35.5. The van der Waals surface area contributed by atoms with Crippen LogP contribution in [0, 0.1) is 12.8 Å². The van der Waals surface area contributed by atoms with Gasteiger partial charge in [0, 0.05) is 23.7 Å². The van der Waals surface area contributed by atoms with Crippen molar-refractivity contribution >= 4 is 23.4 Å². The minimum atomic E-state index is -0.247. The molecule has 1 saturated heterocycles. The van der Waals surface area contributed by atoms with E-state index < -0.39 is 0 Å². The van der Waals surface area contributed by atoms with E-state index in [4.69, 9.17) is 16.3 Å². The van der Waals surface area contributed by atoms with Gasteiger partial charge in [0.05, 0.1) is 19.1 Å². The zero-order chi connectivity index (χ0) is 24.8. The average molecular weight is 491 g/mol. The van der Waals surface area contributed by atoms with Crippen molar-refractivity contribution in [3.8, 4) is 5.75 Å². The van der Waals surface area contributed by atoms with Crippen LogP contribution in [0.2, 0.25) is 5.02 Å². The van der Waals surface area contributed by atoms with Crippen molar-refractivity contribution in [2.45, 2.75) is 32.2 Å². The number of hydrogen-bond donors (Lipinski definition) is 1. The summed E-state index contributed by atoms with van der Waals surface area (Å²) in [4.78, 5) is 28.4. The van der Waals surface area contributed by atoms with Crippen LogP contribution in [-0.2, 0) is 11.2 Å². The van der Waals surface area contributed by atoms with Gasteiger partial charge in [-0.3, -0.25) is 9.59 Å². The second kappa shape index (κ2) is 11.4. The summed E-state index contributed by atoms with van der Waals surface area (Å²) in [7, 11) is 1.64. The van der Waals surface area contributed by atoms with Gasteiger partial charge in [-0.2, -0.15) is 0 Å². The second-order valence-corrected chi connectivity index (χ2v) is 9.49. The Morgan fingerprint density at radius 2 is 1.77 bits per heavy atom. The number of methoxy groups -OCH3 is 1. The summed E-state index contributed by atoms with van der Waals surface area (Å²) in [5, 5.41) is 3.66. The molecule has 1 heterocycles. The highest BCUT2D eigenvalue weighted by Gasteiger charge is 2.36. The fraction of sp³-hybridized carbons (Fsp3) is 0.310. The number of aryl methyl sites for hydroxylation is 1. The summed E-state index contributed by atoms with van der Waals surface area (Å²) < 4.78 is 5.20. The Morgan fingerprint density at radius 3 is 2.46 bits per heavy atom. The van der Waals surface area contributed by atoms with Gasteiger partial charge in [-0.15, -0.1) is 0 Å². The molecule has 3 aromatic rings. The Morgan fingerprint density at radius 1 is 1.03 bits per heavy atom. The molecule has 2 amide bonds. The molecule has 2 atom stereocenters. The lowest BCUT2D eigenvalue weighted by molar-refractivity contribution is -0.126. The zero-order valence-electron chi connectivity index (χ0n) is 20.2. The van der Waals surface area contributed by atoms with Crippen molar-refractivity contribution in [2.24, 2.45) is 5.92 Å². The second-order valence-electron chi connectivity index (χ2n) is 9.06. The number of amides is 2. The molecular weight excluding hydrogens is 460 g/mol. The molecule has 3 aromatic carbocycles. The third kappa shape index (κ3) is 6.23. The van der Waals surface area contributed by atoms with Crippen LogP contribution in [0.25, 0.3) is 0 Å². The van der Waals surface area contributed by atoms with Gasteiger partial charge in [0.2, 0.25) is 5.91 Å². The number of nitrogens with zero attached hydrogens (tertiary/aromatic N) is 1. The maximum absolute atomic E-state index is 13.5. The first-order chi connectivity index (χ1) is 16.9. The molecule has 1 fully saturated rings. The number of benzene rings is 3. The number of ether oxygens (including phenoxy) is 1. The van der Waals surface area contributed by atoms with Gasteiger partial charge in [0.1, 0.15) is 5.75 Å². The maximum atomic E-state index is 13.5. The van der Waals surface area contributed by atoms with E-state index in [9.17, 15) is 9.59 Å². The fourth-order valence-corrected chi connectivity index (χ4v) is 4.78. The summed E-state index contributed by atoms with van der Waals surface area (Å²) in [5.74, 6) is 0.482. The Kier molecular flexibility index (Phi) is 8.09. The molecule has 35 heavy (non-hydrogen) atoms. The predicted molar refractivity (Wildman–Crippen MR) is 139 cm³/mol. The smallest absolute Gasteiger partial charge is 0.254 e. The molecule has 0 radical (unpaired) electrons. The number of carbonyl (C=O) groups excluding carboxylic acids is 2. The van der Waals surface area contributed by atoms with Crippen LogP contribution in [0.15, 0.2) is 72.8 Å². The number of halogens is 1. The number of rotatable bonds is 7. The molecule has 4 rings (SSSR count). The van der Waals surface area contributed by atoms with Crippen LogP contribution in [0.1, 0.15) is 45.9 Å². The topological polar surface area (TPSA) is 58.6 Å². The van der Waals surface area contributed by atoms with Crippen LogP contribution in [0.5, 0.6) is 5.75 Å². The van der Waals surface area contributed by atoms with Gasteiger partial charge in [-0.05, 0) is 73.7 Å². The largest absolute Gasteiger partial charge is 0.497 e. The molecule has 5 nitrogen and oxygen atoms in total. The first-order valence-electron chi connectivity index (χ1n) is 12.0. The van der Waals surface area contributed by atoms with E-state index >= 15 is 0 Å². The number of nitrogens with one attached hydrogen (secondary N) is 1. The summed E-state index contributed by atoms with van der Waals surface area (Å²) in [5.41, 5.74) is 3.96. The molecule has 1 aliphatic rings. The molecule has 6 heteroatoms. The number of hydrogen-bond acceptors (Lipinski definition) is 3. The summed E-state index contributed by atoms with van der Waals surface area (Å²) >= 11 is 6.03. The van der Waals surface area contributed by atoms with E-state index in [1.807, 2.05) is 35.2 Å². The van der Waals surface area contributed by atoms with Crippen molar-refractivity contribution in [1.29, 1.82) is 0 Å². The van der Waals surface area contributed by atoms with E-state index in [-0.39, 0.29) is 23.8 Å². The summed E-state index contributed by atoms with van der Waals surface area (Å²) in [6, 6.07) is 23.0. The van der Waals surface area contributed by atoms with E-state index in [2.05, 4.69) is 30.4 Å². The molecule has 182 valence electrons. The number of carbonyl (C=O) groups is 2. The van der Waals surface area contributed by atoms with Crippen molar-refractivity contribution in [3.05, 3.63) is 100 Å². The average Bonchev–Trinajstić information content (AvgIpc) is 2.88. The minimum Gasteiger partial charge on any atom is -0.497 e. The van der Waals surface area contributed by atoms with E-state index in [1.165, 1.54) is 0 Å². The Bertz CT molecular complexity index is 1160. The summed E-state index contributed by atoms with van der Waals surface area (Å²) in [6.45, 7) is 2.99. The van der Waals surface area contributed by atoms with Crippen LogP contribution in [-0.4, -0.2) is 36.9 Å². The Labute approximate surface area is 212 Å². The van der Waals surface area contributed by atoms with Gasteiger partial charge < -0.3 is 15.0 Å². The van der Waals surface area contributed by atoms with Crippen molar-refractivity contribution in [3.63, 3.8) is 0 Å². The van der Waals surface area contributed by atoms with E-state index in [1.54, 1.807) is 31.4 Å². The fourth-order valence-electron chi connectivity index (χ4n) is 4.66. The molecule has 1 aliphatic heterocycles. The van der Waals surface area contributed by atoms with Gasteiger partial charge in [0.15, 0.2) is 0 Å². The van der Waals surface area contributed by atoms with E-state index in [0.717, 1.165) is 41.7 Å². The van der Waals surface area contributed by atoms with Gasteiger partial charge in [0.25, 0.3) is 5.91 Å². The Hall–Kier alpha value is -3.31. The first-order valence-corrected chi connectivity index (χ1v) is 12.4. The minimum absolute atomic E-state index is 0.00453. The van der Waals surface area contributed by atoms with E-state index in [0.29, 0.717) is 23.7 Å². The van der Waals surface area contributed by atoms with Crippen LogP contribution >= 0.6 is 11.6 Å². The van der Waals surface area contributed by atoms with Crippen molar-refractivity contribution in [2.75, 3.05) is 20.2 Å². The van der Waals surface area contributed by atoms with Gasteiger partial charge in [-0.25, -0.2) is 0 Å². The lowest BCUT2D eigenvalue weighted by atomic mass is 9.87. The Balaban J connectivity index is 1.45. The SMILES string of the molecule is COc1ccc(CCNC(=O)C2CCC(c3cccc(C)c3)N(C(=O)c3ccc(Cl)cc3)C2)cc1. The monoisotopic (exact) mass is 490 g/mol. The normalized spacial score (nSPS) is 17.6. The quantitative estimate of drug-likeness (QED) is 0.468. The van der Waals surface area contributed by atoms with Crippen molar-refractivity contribution < 1.29 is 14.3 Å². The third-order valence-corrected chi connectivity index (χ3v) is 6.86. The zero-order valence-corrected chi connectivity index (χ0v) is 20.9. The third-order valence-electron chi connectivity index (χ3n) is 6.60. The maximum Gasteiger partial charge on any atom is 0.254 e. The standard InChI is InChI=1S/C29H31ClN2O3/c1-20-4-3-5-23(18-20)27-15-10-24(19-32(27)29(34)22-8-11-25(30)12-9-22)28(33)31-17-16-21-6-13-26(35-2)14-7-21/h3-9,11-14,18,24,27H,10,15-17,19H2,1-2H3,(H,31,33). The lowest BCUT2D eigenvalue weighted by Gasteiger charge is -2.39. The highest BCUT2D eigenvalue weighted by Crippen LogP contribution is 2.35.